The molecule has 2 rings (SSSR count). The molecule has 0 radical (unpaired) electrons. The maximum absolute atomic E-state index is 10.2. The topological polar surface area (TPSA) is 20.2 Å². The van der Waals surface area contributed by atoms with Gasteiger partial charge in [0.15, 0.2) is 0 Å². The molecule has 0 heterocycles. The summed E-state index contributed by atoms with van der Waals surface area (Å²) in [7, 11) is 0. The highest BCUT2D eigenvalue weighted by atomic mass is 16.3. The molecule has 1 nitrogen and oxygen atoms in total. The Balaban J connectivity index is 2.24. The van der Waals surface area contributed by atoms with Crippen LogP contribution in [0.1, 0.15) is 66.2 Å². The van der Waals surface area contributed by atoms with Crippen molar-refractivity contribution in [2.24, 2.45) is 16.7 Å². The SMILES string of the molecule is CC1(C)CCC[C@]2(C)C[C@](C)(O)CCC12. The fourth-order valence-electron chi connectivity index (χ4n) is 4.60. The monoisotopic (exact) mass is 210 g/mol. The summed E-state index contributed by atoms with van der Waals surface area (Å²) in [5.41, 5.74) is 0.478. The van der Waals surface area contributed by atoms with Gasteiger partial charge < -0.3 is 5.11 Å². The lowest BCUT2D eigenvalue weighted by atomic mass is 9.50. The van der Waals surface area contributed by atoms with Crippen LogP contribution >= 0.6 is 0 Å². The van der Waals surface area contributed by atoms with Crippen LogP contribution in [0.15, 0.2) is 0 Å². The molecule has 3 atom stereocenters. The third-order valence-electron chi connectivity index (χ3n) is 5.11. The van der Waals surface area contributed by atoms with E-state index in [9.17, 15) is 5.11 Å². The lowest BCUT2D eigenvalue weighted by molar-refractivity contribution is -0.114. The van der Waals surface area contributed by atoms with Crippen LogP contribution in [0, 0.1) is 16.7 Å². The van der Waals surface area contributed by atoms with Crippen LogP contribution < -0.4 is 0 Å². The number of hydrogen-bond acceptors (Lipinski definition) is 1. The van der Waals surface area contributed by atoms with Crippen LogP contribution in [0.3, 0.4) is 0 Å². The van der Waals surface area contributed by atoms with E-state index in [1.165, 1.54) is 25.7 Å². The standard InChI is InChI=1S/C14H26O/c1-12(2)7-5-8-13(3)10-14(4,15)9-6-11(12)13/h11,15H,5-10H2,1-4H3/t11?,13-,14-/m1/s1. The van der Waals surface area contributed by atoms with Crippen LogP contribution in [-0.2, 0) is 0 Å². The number of aliphatic hydroxyl groups is 1. The van der Waals surface area contributed by atoms with Gasteiger partial charge in [0.1, 0.15) is 0 Å². The van der Waals surface area contributed by atoms with Crippen molar-refractivity contribution in [3.05, 3.63) is 0 Å². The van der Waals surface area contributed by atoms with Crippen molar-refractivity contribution in [1.82, 2.24) is 0 Å². The van der Waals surface area contributed by atoms with Crippen molar-refractivity contribution in [3.8, 4) is 0 Å². The van der Waals surface area contributed by atoms with Crippen LogP contribution in [0.5, 0.6) is 0 Å². The highest BCUT2D eigenvalue weighted by Crippen LogP contribution is 2.59. The smallest absolute Gasteiger partial charge is 0.0625 e. The van der Waals surface area contributed by atoms with Crippen LogP contribution in [0.2, 0.25) is 0 Å². The predicted octanol–water partition coefficient (Wildman–Crippen LogP) is 3.75. The second-order valence-corrected chi connectivity index (χ2v) is 7.26. The number of hydrogen-bond donors (Lipinski definition) is 1. The van der Waals surface area contributed by atoms with Crippen LogP contribution in [-0.4, -0.2) is 10.7 Å². The summed E-state index contributed by atoms with van der Waals surface area (Å²) in [4.78, 5) is 0. The first-order valence-electron chi connectivity index (χ1n) is 6.48. The molecular formula is C14H26O. The van der Waals surface area contributed by atoms with E-state index in [4.69, 9.17) is 0 Å². The Kier molecular flexibility index (Phi) is 2.46. The second kappa shape index (κ2) is 3.23. The second-order valence-electron chi connectivity index (χ2n) is 7.26. The average Bonchev–Trinajstić information content (AvgIpc) is 1.98. The van der Waals surface area contributed by atoms with Gasteiger partial charge in [0.25, 0.3) is 0 Å². The lowest BCUT2D eigenvalue weighted by Gasteiger charge is -2.56. The molecule has 0 amide bonds. The number of fused-ring (bicyclic) bond motifs is 1. The molecule has 15 heavy (non-hydrogen) atoms. The first-order chi connectivity index (χ1) is 6.75. The van der Waals surface area contributed by atoms with Crippen molar-refractivity contribution in [2.45, 2.75) is 71.8 Å². The van der Waals surface area contributed by atoms with Gasteiger partial charge in [-0.1, -0.05) is 27.2 Å². The van der Waals surface area contributed by atoms with Crippen LogP contribution in [0.4, 0.5) is 0 Å². The molecule has 2 aliphatic rings. The molecule has 1 unspecified atom stereocenters. The van der Waals surface area contributed by atoms with E-state index in [1.54, 1.807) is 0 Å². The summed E-state index contributed by atoms with van der Waals surface area (Å²) in [6, 6.07) is 0. The Morgan fingerprint density at radius 2 is 1.67 bits per heavy atom. The fraction of sp³-hybridized carbons (Fsp3) is 1.00. The molecule has 0 spiro atoms. The maximum atomic E-state index is 10.2. The first kappa shape index (κ1) is 11.4. The summed E-state index contributed by atoms with van der Waals surface area (Å²) in [5.74, 6) is 0.818. The van der Waals surface area contributed by atoms with Gasteiger partial charge in [-0.2, -0.15) is 0 Å². The van der Waals surface area contributed by atoms with Crippen molar-refractivity contribution >= 4 is 0 Å². The zero-order valence-corrected chi connectivity index (χ0v) is 10.8. The Morgan fingerprint density at radius 1 is 1.00 bits per heavy atom. The summed E-state index contributed by atoms with van der Waals surface area (Å²) in [6.45, 7) is 9.28. The highest BCUT2D eigenvalue weighted by Gasteiger charge is 2.51. The van der Waals surface area contributed by atoms with Crippen LogP contribution in [0.25, 0.3) is 0 Å². The average molecular weight is 210 g/mol. The molecule has 1 heteroatoms. The summed E-state index contributed by atoms with van der Waals surface area (Å²) >= 11 is 0. The summed E-state index contributed by atoms with van der Waals surface area (Å²) in [6.07, 6.45) is 7.25. The first-order valence-corrected chi connectivity index (χ1v) is 6.48. The minimum atomic E-state index is -0.404. The fourth-order valence-corrected chi connectivity index (χ4v) is 4.60. The van der Waals surface area contributed by atoms with Crippen molar-refractivity contribution in [1.29, 1.82) is 0 Å². The van der Waals surface area contributed by atoms with Gasteiger partial charge in [0.05, 0.1) is 5.60 Å². The van der Waals surface area contributed by atoms with Gasteiger partial charge in [-0.25, -0.2) is 0 Å². The molecule has 0 aromatic carbocycles. The van der Waals surface area contributed by atoms with Gasteiger partial charge in [-0.3, -0.25) is 0 Å². The van der Waals surface area contributed by atoms with E-state index in [1.807, 2.05) is 6.92 Å². The van der Waals surface area contributed by atoms with Crippen molar-refractivity contribution in [2.75, 3.05) is 0 Å². The molecule has 0 aromatic rings. The van der Waals surface area contributed by atoms with E-state index in [0.29, 0.717) is 10.8 Å². The highest BCUT2D eigenvalue weighted by molar-refractivity contribution is 5.02. The zero-order chi connectivity index (χ0) is 11.3. The molecule has 0 saturated heterocycles. The van der Waals surface area contributed by atoms with Gasteiger partial charge in [-0.05, 0) is 55.8 Å². The molecule has 2 aliphatic carbocycles. The molecule has 0 aromatic heterocycles. The van der Waals surface area contributed by atoms with E-state index in [0.717, 1.165) is 18.8 Å². The van der Waals surface area contributed by atoms with Gasteiger partial charge in [-0.15, -0.1) is 0 Å². The van der Waals surface area contributed by atoms with Crippen molar-refractivity contribution in [3.63, 3.8) is 0 Å². The Labute approximate surface area is 94.3 Å². The van der Waals surface area contributed by atoms with E-state index >= 15 is 0 Å². The van der Waals surface area contributed by atoms with E-state index in [2.05, 4.69) is 20.8 Å². The minimum Gasteiger partial charge on any atom is -0.390 e. The lowest BCUT2D eigenvalue weighted by Crippen LogP contribution is -2.50. The minimum absolute atomic E-state index is 0.392. The third kappa shape index (κ3) is 1.95. The third-order valence-corrected chi connectivity index (χ3v) is 5.11. The van der Waals surface area contributed by atoms with E-state index in [-0.39, 0.29) is 0 Å². The molecular weight excluding hydrogens is 184 g/mol. The summed E-state index contributed by atoms with van der Waals surface area (Å²) < 4.78 is 0. The molecule has 2 fully saturated rings. The largest absolute Gasteiger partial charge is 0.390 e. The zero-order valence-electron chi connectivity index (χ0n) is 10.8. The van der Waals surface area contributed by atoms with Gasteiger partial charge >= 0.3 is 0 Å². The Hall–Kier alpha value is -0.0400. The van der Waals surface area contributed by atoms with E-state index < -0.39 is 5.60 Å². The quantitative estimate of drug-likeness (QED) is 0.645. The maximum Gasteiger partial charge on any atom is 0.0625 e. The molecule has 88 valence electrons. The van der Waals surface area contributed by atoms with Gasteiger partial charge in [0.2, 0.25) is 0 Å². The Morgan fingerprint density at radius 3 is 2.33 bits per heavy atom. The van der Waals surface area contributed by atoms with Crippen molar-refractivity contribution < 1.29 is 5.11 Å². The predicted molar refractivity (Wildman–Crippen MR) is 63.7 cm³/mol. The normalized spacial score (nSPS) is 49.8. The Bertz CT molecular complexity index is 254. The molecule has 1 N–H and O–H groups in total. The van der Waals surface area contributed by atoms with Gasteiger partial charge in [0, 0.05) is 0 Å². The molecule has 0 bridgehead atoms. The molecule has 2 saturated carbocycles. The summed E-state index contributed by atoms with van der Waals surface area (Å²) in [5, 5.41) is 10.2. The molecule has 0 aliphatic heterocycles. The number of rotatable bonds is 0.